The Hall–Kier alpha value is -1.91. The first-order chi connectivity index (χ1) is 9.54. The SMILES string of the molecule is CCN1C(=O)CCCC(C(=O)O)C1c1ccc(C)nc1. The molecule has 2 heterocycles. The van der Waals surface area contributed by atoms with Crippen LogP contribution in [0.4, 0.5) is 0 Å². The van der Waals surface area contributed by atoms with Gasteiger partial charge < -0.3 is 10.0 Å². The van der Waals surface area contributed by atoms with E-state index in [0.29, 0.717) is 25.8 Å². The fourth-order valence-electron chi connectivity index (χ4n) is 2.85. The third-order valence-electron chi connectivity index (χ3n) is 3.88. The molecule has 0 spiro atoms. The van der Waals surface area contributed by atoms with Crippen LogP contribution in [0.1, 0.15) is 43.5 Å². The summed E-state index contributed by atoms with van der Waals surface area (Å²) in [5.41, 5.74) is 1.68. The normalized spacial score (nSPS) is 23.5. The van der Waals surface area contributed by atoms with Gasteiger partial charge in [0.05, 0.1) is 12.0 Å². The number of likely N-dealkylation sites (tertiary alicyclic amines) is 1. The Morgan fingerprint density at radius 2 is 2.25 bits per heavy atom. The molecule has 1 amide bonds. The van der Waals surface area contributed by atoms with Crippen molar-refractivity contribution in [2.24, 2.45) is 5.92 Å². The molecule has 2 atom stereocenters. The molecule has 0 aliphatic carbocycles. The van der Waals surface area contributed by atoms with E-state index in [9.17, 15) is 14.7 Å². The van der Waals surface area contributed by atoms with Crippen molar-refractivity contribution in [3.8, 4) is 0 Å². The van der Waals surface area contributed by atoms with Gasteiger partial charge in [0.25, 0.3) is 0 Å². The van der Waals surface area contributed by atoms with Crippen LogP contribution in [0.2, 0.25) is 0 Å². The Morgan fingerprint density at radius 3 is 2.80 bits per heavy atom. The number of carbonyl (C=O) groups is 2. The summed E-state index contributed by atoms with van der Waals surface area (Å²) in [6.07, 6.45) is 3.27. The van der Waals surface area contributed by atoms with E-state index in [4.69, 9.17) is 0 Å². The highest BCUT2D eigenvalue weighted by Crippen LogP contribution is 2.35. The fourth-order valence-corrected chi connectivity index (χ4v) is 2.85. The molecule has 5 heteroatoms. The number of aromatic nitrogens is 1. The zero-order valence-electron chi connectivity index (χ0n) is 11.9. The predicted octanol–water partition coefficient (Wildman–Crippen LogP) is 2.16. The van der Waals surface area contributed by atoms with Crippen LogP contribution in [-0.4, -0.2) is 33.4 Å². The average Bonchev–Trinajstić information content (AvgIpc) is 2.58. The van der Waals surface area contributed by atoms with Gasteiger partial charge in [0, 0.05) is 24.9 Å². The molecule has 2 rings (SSSR count). The van der Waals surface area contributed by atoms with Crippen molar-refractivity contribution in [1.82, 2.24) is 9.88 Å². The van der Waals surface area contributed by atoms with Crippen molar-refractivity contribution in [2.75, 3.05) is 6.54 Å². The van der Waals surface area contributed by atoms with Gasteiger partial charge in [-0.05, 0) is 38.3 Å². The molecule has 1 aromatic heterocycles. The number of hydrogen-bond donors (Lipinski definition) is 1. The van der Waals surface area contributed by atoms with Crippen LogP contribution < -0.4 is 0 Å². The number of aryl methyl sites for hydroxylation is 1. The summed E-state index contributed by atoms with van der Waals surface area (Å²) < 4.78 is 0. The molecule has 1 aliphatic rings. The lowest BCUT2D eigenvalue weighted by molar-refractivity contribution is -0.146. The maximum atomic E-state index is 12.2. The van der Waals surface area contributed by atoms with E-state index in [0.717, 1.165) is 11.3 Å². The van der Waals surface area contributed by atoms with Gasteiger partial charge in [-0.1, -0.05) is 6.07 Å². The first-order valence-corrected chi connectivity index (χ1v) is 6.99. The van der Waals surface area contributed by atoms with Crippen molar-refractivity contribution < 1.29 is 14.7 Å². The molecule has 1 fully saturated rings. The lowest BCUT2D eigenvalue weighted by Gasteiger charge is -2.32. The molecule has 0 bridgehead atoms. The first kappa shape index (κ1) is 14.5. The minimum atomic E-state index is -0.844. The molecular weight excluding hydrogens is 256 g/mol. The molecule has 0 saturated carbocycles. The first-order valence-electron chi connectivity index (χ1n) is 6.99. The van der Waals surface area contributed by atoms with Crippen LogP contribution in [0, 0.1) is 12.8 Å². The largest absolute Gasteiger partial charge is 0.481 e. The van der Waals surface area contributed by atoms with Gasteiger partial charge in [-0.3, -0.25) is 14.6 Å². The topological polar surface area (TPSA) is 70.5 Å². The number of carbonyl (C=O) groups excluding carboxylic acids is 1. The van der Waals surface area contributed by atoms with E-state index < -0.39 is 17.9 Å². The summed E-state index contributed by atoms with van der Waals surface area (Å²) in [5, 5.41) is 9.49. The number of amides is 1. The smallest absolute Gasteiger partial charge is 0.308 e. The number of rotatable bonds is 3. The highest BCUT2D eigenvalue weighted by Gasteiger charge is 2.37. The van der Waals surface area contributed by atoms with Gasteiger partial charge in [-0.2, -0.15) is 0 Å². The maximum Gasteiger partial charge on any atom is 0.308 e. The van der Waals surface area contributed by atoms with Crippen molar-refractivity contribution >= 4 is 11.9 Å². The molecular formula is C15H20N2O3. The number of carboxylic acid groups (broad SMARTS) is 1. The zero-order chi connectivity index (χ0) is 14.7. The van der Waals surface area contributed by atoms with Gasteiger partial charge in [-0.15, -0.1) is 0 Å². The van der Waals surface area contributed by atoms with Crippen LogP contribution in [0.5, 0.6) is 0 Å². The Bertz CT molecular complexity index is 496. The summed E-state index contributed by atoms with van der Waals surface area (Å²) in [4.78, 5) is 29.7. The van der Waals surface area contributed by atoms with Crippen LogP contribution >= 0.6 is 0 Å². The second-order valence-corrected chi connectivity index (χ2v) is 5.19. The van der Waals surface area contributed by atoms with Gasteiger partial charge in [0.1, 0.15) is 0 Å². The lowest BCUT2D eigenvalue weighted by Crippen LogP contribution is -2.38. The highest BCUT2D eigenvalue weighted by atomic mass is 16.4. The number of carboxylic acids is 1. The second kappa shape index (κ2) is 6.03. The fraction of sp³-hybridized carbons (Fsp3) is 0.533. The minimum absolute atomic E-state index is 0.0295. The molecule has 108 valence electrons. The lowest BCUT2D eigenvalue weighted by atomic mass is 9.90. The molecule has 1 N–H and O–H groups in total. The van der Waals surface area contributed by atoms with E-state index in [1.54, 1.807) is 11.1 Å². The van der Waals surface area contributed by atoms with Gasteiger partial charge in [-0.25, -0.2) is 0 Å². The highest BCUT2D eigenvalue weighted by molar-refractivity contribution is 5.79. The van der Waals surface area contributed by atoms with Crippen LogP contribution in [0.25, 0.3) is 0 Å². The molecule has 2 unspecified atom stereocenters. The molecule has 1 saturated heterocycles. The predicted molar refractivity (Wildman–Crippen MR) is 74.1 cm³/mol. The molecule has 1 aromatic rings. The standard InChI is InChI=1S/C15H20N2O3/c1-3-17-13(18)6-4-5-12(15(19)20)14(17)11-8-7-10(2)16-9-11/h7-9,12,14H,3-6H2,1-2H3,(H,19,20). The third-order valence-corrected chi connectivity index (χ3v) is 3.88. The minimum Gasteiger partial charge on any atom is -0.481 e. The van der Waals surface area contributed by atoms with E-state index in [2.05, 4.69) is 4.98 Å². The van der Waals surface area contributed by atoms with Gasteiger partial charge in [0.2, 0.25) is 5.91 Å². The van der Waals surface area contributed by atoms with Crippen LogP contribution in [-0.2, 0) is 9.59 Å². The van der Waals surface area contributed by atoms with Crippen molar-refractivity contribution in [3.05, 3.63) is 29.6 Å². The average molecular weight is 276 g/mol. The maximum absolute atomic E-state index is 12.2. The molecule has 0 radical (unpaired) electrons. The number of aliphatic carboxylic acids is 1. The summed E-state index contributed by atoms with van der Waals surface area (Å²) in [5.74, 6) is -1.38. The number of hydrogen-bond acceptors (Lipinski definition) is 3. The summed E-state index contributed by atoms with van der Waals surface area (Å²) in [7, 11) is 0. The second-order valence-electron chi connectivity index (χ2n) is 5.19. The summed E-state index contributed by atoms with van der Waals surface area (Å²) in [6, 6.07) is 3.32. The Balaban J connectivity index is 2.45. The molecule has 0 aromatic carbocycles. The van der Waals surface area contributed by atoms with E-state index >= 15 is 0 Å². The molecule has 20 heavy (non-hydrogen) atoms. The van der Waals surface area contributed by atoms with Crippen LogP contribution in [0.15, 0.2) is 18.3 Å². The van der Waals surface area contributed by atoms with Crippen molar-refractivity contribution in [2.45, 2.75) is 39.2 Å². The Morgan fingerprint density at radius 1 is 1.50 bits per heavy atom. The van der Waals surface area contributed by atoms with E-state index in [-0.39, 0.29) is 5.91 Å². The zero-order valence-corrected chi connectivity index (χ0v) is 11.9. The Labute approximate surface area is 118 Å². The third kappa shape index (κ3) is 2.81. The van der Waals surface area contributed by atoms with Crippen LogP contribution in [0.3, 0.4) is 0 Å². The monoisotopic (exact) mass is 276 g/mol. The quantitative estimate of drug-likeness (QED) is 0.918. The van der Waals surface area contributed by atoms with Crippen molar-refractivity contribution in [1.29, 1.82) is 0 Å². The molecule has 1 aliphatic heterocycles. The Kier molecular flexibility index (Phi) is 4.37. The molecule has 5 nitrogen and oxygen atoms in total. The summed E-state index contributed by atoms with van der Waals surface area (Å²) >= 11 is 0. The van der Waals surface area contributed by atoms with Crippen molar-refractivity contribution in [3.63, 3.8) is 0 Å². The number of pyridine rings is 1. The van der Waals surface area contributed by atoms with Gasteiger partial charge in [0.15, 0.2) is 0 Å². The van der Waals surface area contributed by atoms with E-state index in [1.807, 2.05) is 26.0 Å². The number of nitrogens with zero attached hydrogens (tertiary/aromatic N) is 2. The van der Waals surface area contributed by atoms with Gasteiger partial charge >= 0.3 is 5.97 Å². The summed E-state index contributed by atoms with van der Waals surface area (Å²) in [6.45, 7) is 4.28. The van der Waals surface area contributed by atoms with E-state index in [1.165, 1.54) is 0 Å².